The Morgan fingerprint density at radius 1 is 1.19 bits per heavy atom. The van der Waals surface area contributed by atoms with Gasteiger partial charge in [0.15, 0.2) is 5.96 Å². The first-order chi connectivity index (χ1) is 9.88. The number of allylic oxidation sites excluding steroid dienone is 1. The minimum atomic E-state index is 0. The lowest BCUT2D eigenvalue weighted by atomic mass is 9.97. The van der Waals surface area contributed by atoms with Gasteiger partial charge in [0, 0.05) is 39.1 Å². The number of halogens is 1. The number of nitrogens with zero attached hydrogens (tertiary/aromatic N) is 2. The summed E-state index contributed by atoms with van der Waals surface area (Å²) in [5, 5.41) is 6.73. The fraction of sp³-hybridized carbons (Fsp3) is 0.562. The average molecular weight is 402 g/mol. The molecule has 1 aliphatic carbocycles. The molecule has 0 radical (unpaired) electrons. The van der Waals surface area contributed by atoms with Crippen LogP contribution in [0.2, 0.25) is 0 Å². The molecule has 1 aliphatic rings. The van der Waals surface area contributed by atoms with Gasteiger partial charge < -0.3 is 15.2 Å². The zero-order chi connectivity index (χ0) is 14.0. The molecule has 1 aromatic heterocycles. The summed E-state index contributed by atoms with van der Waals surface area (Å²) in [7, 11) is 1.82. The second-order valence-electron chi connectivity index (χ2n) is 5.20. The second-order valence-corrected chi connectivity index (χ2v) is 5.20. The number of hydrogen-bond donors (Lipinski definition) is 2. The van der Waals surface area contributed by atoms with E-state index in [9.17, 15) is 0 Å². The molecular weight excluding hydrogens is 375 g/mol. The van der Waals surface area contributed by atoms with Crippen LogP contribution in [-0.2, 0) is 6.54 Å². The zero-order valence-electron chi connectivity index (χ0n) is 12.8. The van der Waals surface area contributed by atoms with Gasteiger partial charge in [0.2, 0.25) is 0 Å². The van der Waals surface area contributed by atoms with Crippen molar-refractivity contribution < 1.29 is 0 Å². The van der Waals surface area contributed by atoms with E-state index in [4.69, 9.17) is 0 Å². The van der Waals surface area contributed by atoms with Crippen molar-refractivity contribution in [2.45, 2.75) is 38.6 Å². The van der Waals surface area contributed by atoms with Crippen molar-refractivity contribution in [2.24, 2.45) is 4.99 Å². The van der Waals surface area contributed by atoms with Gasteiger partial charge >= 0.3 is 0 Å². The molecule has 5 heteroatoms. The summed E-state index contributed by atoms with van der Waals surface area (Å²) in [4.78, 5) is 4.26. The van der Waals surface area contributed by atoms with E-state index in [-0.39, 0.29) is 24.0 Å². The maximum absolute atomic E-state index is 4.26. The van der Waals surface area contributed by atoms with Crippen molar-refractivity contribution >= 4 is 29.9 Å². The number of rotatable bonds is 6. The van der Waals surface area contributed by atoms with Gasteiger partial charge in [-0.25, -0.2) is 0 Å². The highest BCUT2D eigenvalue weighted by Gasteiger charge is 2.03. The molecule has 2 rings (SSSR count). The zero-order valence-corrected chi connectivity index (χ0v) is 15.2. The topological polar surface area (TPSA) is 41.4 Å². The maximum Gasteiger partial charge on any atom is 0.191 e. The van der Waals surface area contributed by atoms with Crippen molar-refractivity contribution in [1.29, 1.82) is 0 Å². The molecule has 1 heterocycles. The molecule has 118 valence electrons. The first-order valence-electron chi connectivity index (χ1n) is 7.61. The van der Waals surface area contributed by atoms with E-state index in [0.29, 0.717) is 0 Å². The fourth-order valence-electron chi connectivity index (χ4n) is 2.52. The standard InChI is InChI=1S/C16H26N4.HI/c1-17-16(19-11-14-20-12-5-6-13-20)18-10-9-15-7-3-2-4-8-15;/h5-7,12-13H,2-4,8-11,14H2,1H3,(H2,17,18,19);1H. The summed E-state index contributed by atoms with van der Waals surface area (Å²) < 4.78 is 2.16. The van der Waals surface area contributed by atoms with Crippen LogP contribution in [0, 0.1) is 0 Å². The van der Waals surface area contributed by atoms with Crippen LogP contribution < -0.4 is 10.6 Å². The number of guanidine groups is 1. The number of nitrogens with one attached hydrogen (secondary N) is 2. The maximum atomic E-state index is 4.26. The van der Waals surface area contributed by atoms with Crippen molar-refractivity contribution in [3.63, 3.8) is 0 Å². The van der Waals surface area contributed by atoms with Gasteiger partial charge in [-0.15, -0.1) is 24.0 Å². The van der Waals surface area contributed by atoms with Gasteiger partial charge in [-0.1, -0.05) is 11.6 Å². The largest absolute Gasteiger partial charge is 0.356 e. The number of aromatic nitrogens is 1. The van der Waals surface area contributed by atoms with E-state index in [2.05, 4.69) is 38.7 Å². The molecule has 0 spiro atoms. The third-order valence-electron chi connectivity index (χ3n) is 3.68. The molecule has 2 N–H and O–H groups in total. The lowest BCUT2D eigenvalue weighted by Crippen LogP contribution is -2.39. The van der Waals surface area contributed by atoms with Crippen molar-refractivity contribution in [3.05, 3.63) is 36.2 Å². The Bertz CT molecular complexity index is 437. The summed E-state index contributed by atoms with van der Waals surface area (Å²) in [5.74, 6) is 0.897. The normalized spacial score (nSPS) is 15.1. The van der Waals surface area contributed by atoms with Gasteiger partial charge in [0.1, 0.15) is 0 Å². The van der Waals surface area contributed by atoms with E-state index in [0.717, 1.165) is 32.0 Å². The molecular formula is C16H27IN4. The molecule has 0 aromatic carbocycles. The lowest BCUT2D eigenvalue weighted by Gasteiger charge is -2.15. The van der Waals surface area contributed by atoms with Gasteiger partial charge in [-0.2, -0.15) is 0 Å². The Labute approximate surface area is 145 Å². The summed E-state index contributed by atoms with van der Waals surface area (Å²) in [5.41, 5.74) is 1.60. The number of aliphatic imine (C=N–C) groups is 1. The molecule has 0 bridgehead atoms. The van der Waals surface area contributed by atoms with E-state index >= 15 is 0 Å². The predicted octanol–water partition coefficient (Wildman–Crippen LogP) is 3.16. The second kappa shape index (κ2) is 10.7. The quantitative estimate of drug-likeness (QED) is 0.332. The molecule has 0 unspecified atom stereocenters. The Morgan fingerprint density at radius 3 is 2.62 bits per heavy atom. The third-order valence-corrected chi connectivity index (χ3v) is 3.68. The molecule has 4 nitrogen and oxygen atoms in total. The average Bonchev–Trinajstić information content (AvgIpc) is 3.00. The highest BCUT2D eigenvalue weighted by Crippen LogP contribution is 2.19. The minimum Gasteiger partial charge on any atom is -0.356 e. The van der Waals surface area contributed by atoms with Gasteiger partial charge in [0.05, 0.1) is 0 Å². The van der Waals surface area contributed by atoms with Crippen LogP contribution in [0.25, 0.3) is 0 Å². The van der Waals surface area contributed by atoms with Gasteiger partial charge in [0.25, 0.3) is 0 Å². The molecule has 0 saturated heterocycles. The minimum absolute atomic E-state index is 0. The van der Waals surface area contributed by atoms with Gasteiger partial charge in [-0.05, 0) is 44.2 Å². The fourth-order valence-corrected chi connectivity index (χ4v) is 2.52. The molecule has 0 aliphatic heterocycles. The lowest BCUT2D eigenvalue weighted by molar-refractivity contribution is 0.652. The molecule has 21 heavy (non-hydrogen) atoms. The predicted molar refractivity (Wildman–Crippen MR) is 100 cm³/mol. The summed E-state index contributed by atoms with van der Waals surface area (Å²) in [6.45, 7) is 2.81. The highest BCUT2D eigenvalue weighted by atomic mass is 127. The summed E-state index contributed by atoms with van der Waals surface area (Å²) in [6, 6.07) is 4.09. The van der Waals surface area contributed by atoms with Crippen LogP contribution in [-0.4, -0.2) is 30.7 Å². The molecule has 0 amide bonds. The van der Waals surface area contributed by atoms with Crippen LogP contribution in [0.1, 0.15) is 32.1 Å². The van der Waals surface area contributed by atoms with Crippen molar-refractivity contribution in [1.82, 2.24) is 15.2 Å². The van der Waals surface area contributed by atoms with E-state index in [1.807, 2.05) is 19.2 Å². The summed E-state index contributed by atoms with van der Waals surface area (Å²) >= 11 is 0. The van der Waals surface area contributed by atoms with Crippen LogP contribution in [0.15, 0.2) is 41.2 Å². The van der Waals surface area contributed by atoms with Crippen molar-refractivity contribution in [3.8, 4) is 0 Å². The Morgan fingerprint density at radius 2 is 1.95 bits per heavy atom. The molecule has 0 atom stereocenters. The van der Waals surface area contributed by atoms with Crippen LogP contribution in [0.4, 0.5) is 0 Å². The third kappa shape index (κ3) is 7.02. The first kappa shape index (κ1) is 18.1. The van der Waals surface area contributed by atoms with Crippen LogP contribution in [0.5, 0.6) is 0 Å². The Hall–Kier alpha value is -0.980. The van der Waals surface area contributed by atoms with Crippen molar-refractivity contribution in [2.75, 3.05) is 20.1 Å². The van der Waals surface area contributed by atoms with E-state index in [1.165, 1.54) is 25.7 Å². The Balaban J connectivity index is 0.00000220. The summed E-state index contributed by atoms with van der Waals surface area (Å²) in [6.07, 6.45) is 13.0. The monoisotopic (exact) mass is 402 g/mol. The SMILES string of the molecule is CN=C(NCCC1=CCCCC1)NCCn1cccc1.I. The van der Waals surface area contributed by atoms with Crippen LogP contribution >= 0.6 is 24.0 Å². The first-order valence-corrected chi connectivity index (χ1v) is 7.61. The molecule has 1 aromatic rings. The van der Waals surface area contributed by atoms with E-state index < -0.39 is 0 Å². The molecule has 0 fully saturated rings. The highest BCUT2D eigenvalue weighted by molar-refractivity contribution is 14.0. The van der Waals surface area contributed by atoms with Crippen LogP contribution in [0.3, 0.4) is 0 Å². The van der Waals surface area contributed by atoms with E-state index in [1.54, 1.807) is 5.57 Å². The number of hydrogen-bond acceptors (Lipinski definition) is 1. The molecule has 0 saturated carbocycles. The Kier molecular flexibility index (Phi) is 9.21. The smallest absolute Gasteiger partial charge is 0.191 e. The van der Waals surface area contributed by atoms with Gasteiger partial charge in [-0.3, -0.25) is 4.99 Å².